The highest BCUT2D eigenvalue weighted by molar-refractivity contribution is 6.30. The fourth-order valence-electron chi connectivity index (χ4n) is 6.33. The smallest absolute Gasteiger partial charge is 0.326 e. The number of rotatable bonds is 6. The molecule has 1 aliphatic heterocycles. The molecule has 1 saturated heterocycles. The third kappa shape index (κ3) is 5.06. The molecule has 5 aromatic heterocycles. The zero-order valence-electron chi connectivity index (χ0n) is 22.9. The van der Waals surface area contributed by atoms with Crippen LogP contribution in [0.3, 0.4) is 0 Å². The first-order valence-electron chi connectivity index (χ1n) is 14.1. The van der Waals surface area contributed by atoms with Gasteiger partial charge in [-0.2, -0.15) is 0 Å². The second kappa shape index (κ2) is 10.5. The van der Waals surface area contributed by atoms with Crippen LogP contribution in [0, 0.1) is 11.8 Å². The molecule has 0 amide bonds. The summed E-state index contributed by atoms with van der Waals surface area (Å²) in [7, 11) is 1.88. The molecule has 1 aliphatic carbocycles. The number of nitrogens with zero attached hydrogens (tertiary/aromatic N) is 8. The molecule has 7 rings (SSSR count). The maximum Gasteiger partial charge on any atom is 0.439 e. The van der Waals surface area contributed by atoms with Crippen molar-refractivity contribution in [1.82, 2.24) is 50.0 Å². The average molecular weight is 575 g/mol. The van der Waals surface area contributed by atoms with E-state index in [1.165, 1.54) is 25.7 Å². The van der Waals surface area contributed by atoms with Gasteiger partial charge >= 0.3 is 5.76 Å². The predicted octanol–water partition coefficient (Wildman–Crippen LogP) is 4.26. The molecule has 41 heavy (non-hydrogen) atoms. The Morgan fingerprint density at radius 2 is 2.00 bits per heavy atom. The number of H-pyrrole nitrogens is 1. The largest absolute Gasteiger partial charge is 0.439 e. The third-order valence-electron chi connectivity index (χ3n) is 8.46. The lowest BCUT2D eigenvalue weighted by atomic mass is 9.83. The quantitative estimate of drug-likeness (QED) is 0.303. The molecule has 6 heterocycles. The Balaban J connectivity index is 1.39. The lowest BCUT2D eigenvalue weighted by molar-refractivity contribution is 0.264. The summed E-state index contributed by atoms with van der Waals surface area (Å²) < 4.78 is 8.90. The summed E-state index contributed by atoms with van der Waals surface area (Å²) in [6.45, 7) is 3.97. The fourth-order valence-corrected chi connectivity index (χ4v) is 6.50. The highest BCUT2D eigenvalue weighted by Gasteiger charge is 2.34. The van der Waals surface area contributed by atoms with Gasteiger partial charge in [0.05, 0.1) is 33.5 Å². The van der Waals surface area contributed by atoms with Crippen LogP contribution in [0.1, 0.15) is 62.5 Å². The van der Waals surface area contributed by atoms with Gasteiger partial charge in [-0.1, -0.05) is 41.7 Å². The van der Waals surface area contributed by atoms with Crippen LogP contribution in [0.15, 0.2) is 40.0 Å². The van der Waals surface area contributed by atoms with E-state index in [0.29, 0.717) is 22.3 Å². The van der Waals surface area contributed by atoms with E-state index >= 15 is 0 Å². The van der Waals surface area contributed by atoms with Crippen LogP contribution in [0.25, 0.3) is 33.8 Å². The number of fused-ring (bicyclic) bond motifs is 1. The van der Waals surface area contributed by atoms with Crippen LogP contribution in [-0.4, -0.2) is 51.2 Å². The van der Waals surface area contributed by atoms with Gasteiger partial charge in [0.1, 0.15) is 11.5 Å². The van der Waals surface area contributed by atoms with E-state index in [1.54, 1.807) is 17.1 Å². The van der Waals surface area contributed by atoms with Crippen LogP contribution in [0.5, 0.6) is 0 Å². The highest BCUT2D eigenvalue weighted by Crippen LogP contribution is 2.39. The Morgan fingerprint density at radius 1 is 1.15 bits per heavy atom. The molecule has 12 nitrogen and oxygen atoms in total. The van der Waals surface area contributed by atoms with Gasteiger partial charge in [-0.25, -0.2) is 14.8 Å². The van der Waals surface area contributed by atoms with Gasteiger partial charge in [-0.3, -0.25) is 19.2 Å². The molecule has 0 spiro atoms. The van der Waals surface area contributed by atoms with Gasteiger partial charge < -0.3 is 9.88 Å². The van der Waals surface area contributed by atoms with Gasteiger partial charge in [0.25, 0.3) is 0 Å². The third-order valence-corrected chi connectivity index (χ3v) is 8.67. The summed E-state index contributed by atoms with van der Waals surface area (Å²) >= 11 is 6.39. The van der Waals surface area contributed by atoms with Crippen LogP contribution in [-0.2, 0) is 13.6 Å². The van der Waals surface area contributed by atoms with E-state index in [-0.39, 0.29) is 17.8 Å². The van der Waals surface area contributed by atoms with E-state index < -0.39 is 5.76 Å². The van der Waals surface area contributed by atoms with E-state index in [1.807, 2.05) is 25.4 Å². The molecule has 2 aliphatic rings. The number of halogens is 1. The highest BCUT2D eigenvalue weighted by atomic mass is 35.5. The number of nitrogens with one attached hydrogen (secondary N) is 2. The minimum Gasteiger partial charge on any atom is -0.326 e. The molecule has 1 saturated carbocycles. The summed E-state index contributed by atoms with van der Waals surface area (Å²) in [6, 6.07) is 3.82. The zero-order chi connectivity index (χ0) is 28.1. The minimum absolute atomic E-state index is 0.1000. The molecule has 0 aromatic carbocycles. The monoisotopic (exact) mass is 574 g/mol. The van der Waals surface area contributed by atoms with E-state index in [0.717, 1.165) is 53.5 Å². The Hall–Kier alpha value is -3.90. The van der Waals surface area contributed by atoms with Crippen molar-refractivity contribution in [2.75, 3.05) is 6.54 Å². The summed E-state index contributed by atoms with van der Waals surface area (Å²) in [6.07, 6.45) is 11.0. The standard InChI is InChI=1S/C28H31ClN10O2/c1-15-3-5-16(6-4-15)13-39-25-21(33-27(39)18-8-20(31-11-18)23-14-38(2)37-35-23)9-22(26-34-28(40)41-36-26)32-24(25)17-7-19(29)12-30-10-17/h7,9-10,12,14-16,18,20,31H,3-6,8,11,13H2,1-2H3,(H,34,36,40). The molecule has 212 valence electrons. The Morgan fingerprint density at radius 3 is 2.73 bits per heavy atom. The number of hydrogen-bond acceptors (Lipinski definition) is 9. The van der Waals surface area contributed by atoms with Crippen LogP contribution in [0.4, 0.5) is 0 Å². The van der Waals surface area contributed by atoms with E-state index in [9.17, 15) is 4.79 Å². The van der Waals surface area contributed by atoms with Crippen molar-refractivity contribution in [1.29, 1.82) is 0 Å². The van der Waals surface area contributed by atoms with Crippen molar-refractivity contribution in [2.24, 2.45) is 18.9 Å². The Kier molecular flexibility index (Phi) is 6.66. The number of hydrogen-bond donors (Lipinski definition) is 2. The van der Waals surface area contributed by atoms with Crippen molar-refractivity contribution in [3.8, 4) is 22.8 Å². The predicted molar refractivity (Wildman–Crippen MR) is 152 cm³/mol. The summed E-state index contributed by atoms with van der Waals surface area (Å²) in [5, 5.41) is 16.5. The number of aromatic amines is 1. The normalized spacial score (nSPS) is 23.0. The number of pyridine rings is 2. The molecule has 5 aromatic rings. The maximum absolute atomic E-state index is 11.8. The summed E-state index contributed by atoms with van der Waals surface area (Å²) in [4.78, 5) is 29.0. The first-order valence-corrected chi connectivity index (χ1v) is 14.5. The first kappa shape index (κ1) is 26.0. The molecule has 2 atom stereocenters. The van der Waals surface area contributed by atoms with Crippen molar-refractivity contribution in [2.45, 2.75) is 57.5 Å². The lowest BCUT2D eigenvalue weighted by Crippen LogP contribution is -2.21. The van der Waals surface area contributed by atoms with Crippen LogP contribution < -0.4 is 11.1 Å². The van der Waals surface area contributed by atoms with Crippen LogP contribution in [0.2, 0.25) is 5.02 Å². The molecule has 2 fully saturated rings. The molecule has 0 radical (unpaired) electrons. The van der Waals surface area contributed by atoms with E-state index in [2.05, 4.69) is 42.2 Å². The maximum atomic E-state index is 11.8. The van der Waals surface area contributed by atoms with Crippen molar-refractivity contribution < 1.29 is 4.52 Å². The topological polar surface area (TPSA) is 145 Å². The molecule has 2 unspecified atom stereocenters. The number of aromatic nitrogens is 9. The van der Waals surface area contributed by atoms with Crippen molar-refractivity contribution >= 4 is 22.6 Å². The number of aryl methyl sites for hydroxylation is 1. The van der Waals surface area contributed by atoms with Crippen molar-refractivity contribution in [3.63, 3.8) is 0 Å². The Labute approximate surface area is 240 Å². The fraction of sp³-hybridized carbons (Fsp3) is 0.464. The SMILES string of the molecule is CC1CCC(Cn2c(C3CNC(c4cn(C)nn4)C3)nc3cc(-c4noc(=O)[nH]4)nc(-c4cncc(Cl)c4)c32)CC1. The van der Waals surface area contributed by atoms with E-state index in [4.69, 9.17) is 26.1 Å². The molecule has 0 bridgehead atoms. The van der Waals surface area contributed by atoms with Gasteiger partial charge in [0.15, 0.2) is 0 Å². The van der Waals surface area contributed by atoms with Gasteiger partial charge in [-0.15, -0.1) is 5.10 Å². The first-order chi connectivity index (χ1) is 19.9. The van der Waals surface area contributed by atoms with Crippen LogP contribution >= 0.6 is 11.6 Å². The molecular formula is C28H31ClN10O2. The molecular weight excluding hydrogens is 544 g/mol. The lowest BCUT2D eigenvalue weighted by Gasteiger charge is -2.28. The second-order valence-electron chi connectivity index (χ2n) is 11.5. The van der Waals surface area contributed by atoms with Gasteiger partial charge in [-0.05, 0) is 43.2 Å². The molecule has 13 heteroatoms. The molecule has 2 N–H and O–H groups in total. The summed E-state index contributed by atoms with van der Waals surface area (Å²) in [5.41, 5.74) is 4.56. The Bertz CT molecular complexity index is 1760. The average Bonchev–Trinajstić information content (AvgIpc) is 3.76. The summed E-state index contributed by atoms with van der Waals surface area (Å²) in [5.74, 6) is 2.09. The zero-order valence-corrected chi connectivity index (χ0v) is 23.7. The minimum atomic E-state index is -0.641. The van der Waals surface area contributed by atoms with Gasteiger partial charge in [0, 0.05) is 50.2 Å². The second-order valence-corrected chi connectivity index (χ2v) is 11.9. The van der Waals surface area contributed by atoms with Gasteiger partial charge in [0.2, 0.25) is 5.82 Å². The number of imidazole rings is 1. The van der Waals surface area contributed by atoms with Crippen molar-refractivity contribution in [3.05, 3.63) is 57.8 Å².